The number of hydrogen-bond donors (Lipinski definition) is 6. The molecule has 4 heterocycles. The second-order valence-corrected chi connectivity index (χ2v) is 19.4. The lowest BCUT2D eigenvalue weighted by atomic mass is 9.82. The highest BCUT2D eigenvalue weighted by Crippen LogP contribution is 2.60. The number of anilines is 2. The number of aromatic nitrogens is 3. The SMILES string of the molecule is C[C@@H]1[C@@H]([Si](C)(C)F)[C@H](CCn2cc(C(CO)c3ccccc3)nn2)O[C@@]12C(=O)N(Cc1ccc(NC(=O)[C@H]3O[C@@H](O)[C@H](O)[C@@H](O)[C@@H]3O)cc1)c1ccc([N+](=O)[O-])cc12. The monoisotopic (exact) mass is 820 g/mol. The fourth-order valence-electron chi connectivity index (χ4n) is 8.64. The predicted molar refractivity (Wildman–Crippen MR) is 206 cm³/mol. The van der Waals surface area contributed by atoms with E-state index < -0.39 is 84.9 Å². The molecule has 7 rings (SSSR count). The van der Waals surface area contributed by atoms with Crippen molar-refractivity contribution in [3.05, 3.63) is 111 Å². The molecule has 0 saturated carbocycles. The largest absolute Gasteiger partial charge is 0.395 e. The standard InChI is InChI=1S/C39H45FN6O11Si/c1-21-35(58(2,3)40)30(15-16-44-19-28(42-43-44)26(20-47)23-7-5-4-6-8-23)57-39(21)27-17-25(46(54)55)13-14-29(27)45(38(39)53)18-22-9-11-24(12-10-22)41-36(51)34-32(49)31(48)33(50)37(52)56-34/h4-14,17,19,21,26,30-35,37,47-50,52H,15-16,18,20H2,1-3H3,(H,41,51)/t21-,26?,30+,31+,32+,33-,34+,35-,37-,39+/m1/s1. The maximum atomic E-state index is 16.5. The van der Waals surface area contributed by atoms with Crippen LogP contribution >= 0.6 is 0 Å². The molecule has 0 radical (unpaired) electrons. The number of nitro benzene ring substituents is 1. The summed E-state index contributed by atoms with van der Waals surface area (Å²) in [5.74, 6) is -2.52. The van der Waals surface area contributed by atoms with Gasteiger partial charge in [0, 0.05) is 47.6 Å². The molecule has 3 aliphatic rings. The number of benzene rings is 3. The number of aliphatic hydroxyl groups is 5. The quantitative estimate of drug-likeness (QED) is 0.0522. The van der Waals surface area contributed by atoms with E-state index in [0.717, 1.165) is 5.56 Å². The van der Waals surface area contributed by atoms with Crippen molar-refractivity contribution in [3.8, 4) is 0 Å². The number of aryl methyl sites for hydroxylation is 1. The van der Waals surface area contributed by atoms with Gasteiger partial charge in [0.25, 0.3) is 17.5 Å². The molecule has 17 nitrogen and oxygen atoms in total. The fraction of sp³-hybridized carbons (Fsp3) is 0.436. The number of non-ortho nitro benzene ring substituents is 1. The molecule has 4 aromatic rings. The van der Waals surface area contributed by atoms with Gasteiger partial charge in [-0.25, -0.2) is 0 Å². The van der Waals surface area contributed by atoms with Crippen LogP contribution in [0, 0.1) is 16.0 Å². The third kappa shape index (κ3) is 7.43. The third-order valence-corrected chi connectivity index (χ3v) is 14.0. The molecule has 2 amide bonds. The minimum atomic E-state index is -3.58. The zero-order valence-corrected chi connectivity index (χ0v) is 32.8. The molecule has 2 saturated heterocycles. The van der Waals surface area contributed by atoms with Crippen LogP contribution in [0.25, 0.3) is 0 Å². The highest BCUT2D eigenvalue weighted by atomic mass is 28.4. The van der Waals surface area contributed by atoms with E-state index in [1.165, 1.54) is 35.2 Å². The lowest BCUT2D eigenvalue weighted by Crippen LogP contribution is -2.60. The molecule has 1 spiro atoms. The number of halogens is 1. The van der Waals surface area contributed by atoms with Gasteiger partial charge in [0.05, 0.1) is 41.5 Å². The number of aliphatic hydroxyl groups excluding tert-OH is 5. The normalized spacial score (nSPS) is 28.8. The van der Waals surface area contributed by atoms with Gasteiger partial charge in [-0.05, 0) is 48.8 Å². The van der Waals surface area contributed by atoms with Gasteiger partial charge < -0.3 is 49.3 Å². The summed E-state index contributed by atoms with van der Waals surface area (Å²) in [5, 5.41) is 73.0. The van der Waals surface area contributed by atoms with E-state index in [-0.39, 0.29) is 43.1 Å². The molecule has 3 aliphatic heterocycles. The minimum Gasteiger partial charge on any atom is -0.395 e. The molecular weight excluding hydrogens is 776 g/mol. The Hall–Kier alpha value is -4.99. The van der Waals surface area contributed by atoms with E-state index in [2.05, 4.69) is 15.6 Å². The van der Waals surface area contributed by atoms with Crippen molar-refractivity contribution in [3.63, 3.8) is 0 Å². The van der Waals surface area contributed by atoms with Crippen molar-refractivity contribution in [2.75, 3.05) is 16.8 Å². The predicted octanol–water partition coefficient (Wildman–Crippen LogP) is 2.46. The van der Waals surface area contributed by atoms with Crippen LogP contribution in [0.1, 0.15) is 41.6 Å². The number of hydrogen-bond acceptors (Lipinski definition) is 13. The Morgan fingerprint density at radius 1 is 1.05 bits per heavy atom. The Bertz CT molecular complexity index is 2160. The molecule has 6 N–H and O–H groups in total. The summed E-state index contributed by atoms with van der Waals surface area (Å²) in [7, 11) is -3.58. The van der Waals surface area contributed by atoms with Gasteiger partial charge in [-0.1, -0.05) is 54.6 Å². The lowest BCUT2D eigenvalue weighted by Gasteiger charge is -2.37. The van der Waals surface area contributed by atoms with E-state index in [4.69, 9.17) is 9.47 Å². The summed E-state index contributed by atoms with van der Waals surface area (Å²) in [4.78, 5) is 40.6. The van der Waals surface area contributed by atoms with Gasteiger partial charge >= 0.3 is 0 Å². The first-order valence-corrected chi connectivity index (χ1v) is 21.8. The first kappa shape index (κ1) is 41.2. The Morgan fingerprint density at radius 2 is 1.76 bits per heavy atom. The summed E-state index contributed by atoms with van der Waals surface area (Å²) in [6.45, 7) is 4.93. The number of ether oxygens (including phenoxy) is 2. The second-order valence-electron chi connectivity index (χ2n) is 15.6. The number of fused-ring (bicyclic) bond motifs is 2. The number of carbonyl (C=O) groups is 2. The maximum Gasteiger partial charge on any atom is 0.269 e. The van der Waals surface area contributed by atoms with Gasteiger partial charge in [-0.15, -0.1) is 5.10 Å². The van der Waals surface area contributed by atoms with Crippen LogP contribution in [0.4, 0.5) is 21.2 Å². The number of nitrogens with one attached hydrogen (secondary N) is 1. The molecule has 2 fully saturated rings. The van der Waals surface area contributed by atoms with Crippen molar-refractivity contribution in [1.82, 2.24) is 15.0 Å². The van der Waals surface area contributed by atoms with E-state index in [9.17, 15) is 45.2 Å². The van der Waals surface area contributed by atoms with Gasteiger partial charge in [0.1, 0.15) is 18.3 Å². The Labute approximate surface area is 333 Å². The van der Waals surface area contributed by atoms with Crippen molar-refractivity contribution >= 4 is 37.3 Å². The summed E-state index contributed by atoms with van der Waals surface area (Å²) >= 11 is 0. The van der Waals surface area contributed by atoms with Crippen LogP contribution in [0.15, 0.2) is 79.0 Å². The Kier molecular flexibility index (Phi) is 11.3. The van der Waals surface area contributed by atoms with Crippen LogP contribution in [-0.4, -0.2) is 109 Å². The molecule has 0 bridgehead atoms. The van der Waals surface area contributed by atoms with Crippen LogP contribution < -0.4 is 10.2 Å². The average Bonchev–Trinajstić information content (AvgIpc) is 3.85. The number of amides is 2. The molecular formula is C39H45FN6O11Si. The van der Waals surface area contributed by atoms with Gasteiger partial charge in [-0.2, -0.15) is 0 Å². The molecule has 1 unspecified atom stereocenters. The summed E-state index contributed by atoms with van der Waals surface area (Å²) < 4.78 is 29.8. The fourth-order valence-corrected chi connectivity index (χ4v) is 11.2. The molecule has 10 atom stereocenters. The van der Waals surface area contributed by atoms with Crippen molar-refractivity contribution in [2.45, 2.75) is 93.4 Å². The first-order chi connectivity index (χ1) is 27.5. The summed E-state index contributed by atoms with van der Waals surface area (Å²) in [5.41, 5.74) is 0.213. The highest BCUT2D eigenvalue weighted by Gasteiger charge is 2.67. The van der Waals surface area contributed by atoms with Gasteiger partial charge in [0.2, 0.25) is 8.41 Å². The zero-order chi connectivity index (χ0) is 41.7. The van der Waals surface area contributed by atoms with E-state index in [0.29, 0.717) is 16.9 Å². The molecule has 308 valence electrons. The first-order valence-electron chi connectivity index (χ1n) is 18.9. The average molecular weight is 821 g/mol. The van der Waals surface area contributed by atoms with E-state index in [1.807, 2.05) is 30.3 Å². The van der Waals surface area contributed by atoms with Crippen molar-refractivity contribution in [2.24, 2.45) is 5.92 Å². The van der Waals surface area contributed by atoms with Crippen LogP contribution in [0.3, 0.4) is 0 Å². The minimum absolute atomic E-state index is 0.0165. The molecule has 19 heteroatoms. The third-order valence-electron chi connectivity index (χ3n) is 11.5. The summed E-state index contributed by atoms with van der Waals surface area (Å²) in [6, 6.07) is 19.8. The highest BCUT2D eigenvalue weighted by molar-refractivity contribution is 6.72. The molecule has 3 aromatic carbocycles. The molecule has 1 aromatic heterocycles. The number of nitrogens with zero attached hydrogens (tertiary/aromatic N) is 5. The lowest BCUT2D eigenvalue weighted by molar-refractivity contribution is -0.385. The van der Waals surface area contributed by atoms with E-state index in [1.54, 1.807) is 43.0 Å². The number of nitro groups is 1. The van der Waals surface area contributed by atoms with Crippen LogP contribution in [-0.2, 0) is 37.8 Å². The van der Waals surface area contributed by atoms with Crippen LogP contribution in [0.5, 0.6) is 0 Å². The molecule has 58 heavy (non-hydrogen) atoms. The van der Waals surface area contributed by atoms with Gasteiger partial charge in [0.15, 0.2) is 18.0 Å². The van der Waals surface area contributed by atoms with Crippen molar-refractivity contribution < 1.29 is 53.6 Å². The number of carbonyl (C=O) groups excluding carboxylic acids is 2. The smallest absolute Gasteiger partial charge is 0.269 e. The topological polar surface area (TPSA) is 243 Å². The zero-order valence-electron chi connectivity index (χ0n) is 31.8. The second kappa shape index (κ2) is 16.0. The summed E-state index contributed by atoms with van der Waals surface area (Å²) in [6.07, 6.45) is -7.82. The maximum absolute atomic E-state index is 16.5. The van der Waals surface area contributed by atoms with Crippen LogP contribution in [0.2, 0.25) is 18.6 Å². The Morgan fingerprint density at radius 3 is 2.41 bits per heavy atom. The Balaban J connectivity index is 1.13. The van der Waals surface area contributed by atoms with E-state index >= 15 is 4.11 Å². The van der Waals surface area contributed by atoms with Crippen molar-refractivity contribution in [1.29, 1.82) is 0 Å². The molecule has 0 aliphatic carbocycles. The van der Waals surface area contributed by atoms with Gasteiger partial charge in [-0.3, -0.25) is 24.4 Å². The number of rotatable bonds is 12.